The minimum absolute atomic E-state index is 0.0480. The highest BCUT2D eigenvalue weighted by Crippen LogP contribution is 2.17. The number of aliphatic carboxylic acids is 3. The molecule has 6 N–H and O–H groups in total. The number of amides is 3. The van der Waals surface area contributed by atoms with Crippen molar-refractivity contribution < 1.29 is 53.7 Å². The first-order chi connectivity index (χ1) is 19.7. The van der Waals surface area contributed by atoms with Crippen LogP contribution < -0.4 is 16.0 Å². The predicted octanol–water partition coefficient (Wildman–Crippen LogP) is 1.44. The third kappa shape index (κ3) is 17.1. The van der Waals surface area contributed by atoms with Crippen LogP contribution in [0.25, 0.3) is 0 Å². The second-order valence-corrected chi connectivity index (χ2v) is 10.2. The van der Waals surface area contributed by atoms with Gasteiger partial charge in [-0.05, 0) is 38.5 Å². The highest BCUT2D eigenvalue weighted by molar-refractivity contribution is 5.94. The molecule has 0 aromatic rings. The molecule has 14 nitrogen and oxygen atoms in total. The van der Waals surface area contributed by atoms with Gasteiger partial charge in [0.15, 0.2) is 5.78 Å². The summed E-state index contributed by atoms with van der Waals surface area (Å²) < 4.78 is 0. The molecule has 0 aromatic carbocycles. The van der Waals surface area contributed by atoms with E-state index in [1.165, 1.54) is 0 Å². The molecule has 3 amide bonds. The summed E-state index contributed by atoms with van der Waals surface area (Å²) in [6.45, 7) is 5.09. The Morgan fingerprint density at radius 3 is 1.67 bits per heavy atom. The lowest BCUT2D eigenvalue weighted by Crippen LogP contribution is -2.49. The van der Waals surface area contributed by atoms with Gasteiger partial charge in [0.2, 0.25) is 17.7 Å². The van der Waals surface area contributed by atoms with E-state index in [1.807, 2.05) is 6.92 Å². The number of carboxylic acid groups (broad SMARTS) is 3. The maximum atomic E-state index is 13.1. The zero-order chi connectivity index (χ0) is 32.2. The van der Waals surface area contributed by atoms with E-state index in [0.717, 1.165) is 13.3 Å². The van der Waals surface area contributed by atoms with Crippen molar-refractivity contribution in [2.24, 2.45) is 11.8 Å². The van der Waals surface area contributed by atoms with Crippen molar-refractivity contribution in [3.8, 4) is 0 Å². The average Bonchev–Trinajstić information content (AvgIpc) is 2.91. The van der Waals surface area contributed by atoms with Crippen LogP contribution in [0.4, 0.5) is 0 Å². The van der Waals surface area contributed by atoms with Crippen molar-refractivity contribution in [3.05, 3.63) is 0 Å². The normalized spacial score (nSPS) is 13.6. The summed E-state index contributed by atoms with van der Waals surface area (Å²) in [4.78, 5) is 95.7. The third-order valence-electron chi connectivity index (χ3n) is 6.79. The first-order valence-electron chi connectivity index (χ1n) is 14.3. The molecule has 42 heavy (non-hydrogen) atoms. The summed E-state index contributed by atoms with van der Waals surface area (Å²) in [6.07, 6.45) is 0.367. The Hall–Kier alpha value is -3.84. The Bertz CT molecular complexity index is 967. The van der Waals surface area contributed by atoms with Gasteiger partial charge in [-0.3, -0.25) is 38.4 Å². The molecule has 0 heterocycles. The molecule has 14 heteroatoms. The first-order valence-corrected chi connectivity index (χ1v) is 14.3. The maximum absolute atomic E-state index is 13.1. The van der Waals surface area contributed by atoms with Crippen molar-refractivity contribution in [1.29, 1.82) is 0 Å². The van der Waals surface area contributed by atoms with E-state index in [-0.39, 0.29) is 37.5 Å². The van der Waals surface area contributed by atoms with Crippen LogP contribution in [0, 0.1) is 11.8 Å². The number of nitrogens with one attached hydrogen (secondary N) is 3. The van der Waals surface area contributed by atoms with Gasteiger partial charge in [-0.15, -0.1) is 0 Å². The molecule has 4 atom stereocenters. The van der Waals surface area contributed by atoms with Crippen LogP contribution in [0.15, 0.2) is 0 Å². The fourth-order valence-corrected chi connectivity index (χ4v) is 4.39. The smallest absolute Gasteiger partial charge is 0.303 e. The van der Waals surface area contributed by atoms with Crippen molar-refractivity contribution in [2.45, 2.75) is 110 Å². The molecular formula is C28H45N3O11. The monoisotopic (exact) mass is 599 g/mol. The van der Waals surface area contributed by atoms with Crippen LogP contribution in [0.1, 0.15) is 97.8 Å². The number of hydrogen-bond donors (Lipinski definition) is 6. The number of hydrogen-bond acceptors (Lipinski definition) is 8. The van der Waals surface area contributed by atoms with E-state index < -0.39 is 85.1 Å². The molecule has 0 aromatic heterocycles. The Labute approximate surface area is 245 Å². The second-order valence-electron chi connectivity index (χ2n) is 10.2. The number of carboxylic acids is 3. The van der Waals surface area contributed by atoms with Gasteiger partial charge >= 0.3 is 17.9 Å². The van der Waals surface area contributed by atoms with E-state index in [2.05, 4.69) is 16.0 Å². The minimum atomic E-state index is -1.28. The van der Waals surface area contributed by atoms with Gasteiger partial charge in [0.1, 0.15) is 11.8 Å². The van der Waals surface area contributed by atoms with Crippen LogP contribution in [0.5, 0.6) is 0 Å². The van der Waals surface area contributed by atoms with Crippen LogP contribution in [0.2, 0.25) is 0 Å². The van der Waals surface area contributed by atoms with Crippen molar-refractivity contribution in [3.63, 3.8) is 0 Å². The topological polar surface area (TPSA) is 233 Å². The largest absolute Gasteiger partial charge is 0.481 e. The Balaban J connectivity index is 5.48. The Morgan fingerprint density at radius 1 is 0.619 bits per heavy atom. The Kier molecular flexibility index (Phi) is 19.0. The van der Waals surface area contributed by atoms with Crippen LogP contribution >= 0.6 is 0 Å². The summed E-state index contributed by atoms with van der Waals surface area (Å²) in [7, 11) is 0. The molecule has 0 aliphatic rings. The van der Waals surface area contributed by atoms with Gasteiger partial charge in [-0.1, -0.05) is 20.3 Å². The number of ketones is 2. The molecule has 0 saturated heterocycles. The molecule has 238 valence electrons. The summed E-state index contributed by atoms with van der Waals surface area (Å²) in [6, 6.07) is -2.50. The molecule has 0 fully saturated rings. The summed E-state index contributed by atoms with van der Waals surface area (Å²) >= 11 is 0. The molecule has 0 aliphatic heterocycles. The average molecular weight is 600 g/mol. The molecule has 0 aliphatic carbocycles. The lowest BCUT2D eigenvalue weighted by atomic mass is 9.91. The summed E-state index contributed by atoms with van der Waals surface area (Å²) in [5.74, 6) is -7.54. The molecular weight excluding hydrogens is 554 g/mol. The highest BCUT2D eigenvalue weighted by Gasteiger charge is 2.31. The zero-order valence-electron chi connectivity index (χ0n) is 24.6. The molecule has 0 spiro atoms. The third-order valence-corrected chi connectivity index (χ3v) is 6.79. The maximum Gasteiger partial charge on any atom is 0.303 e. The van der Waals surface area contributed by atoms with Crippen LogP contribution in [-0.2, 0) is 38.4 Å². The minimum Gasteiger partial charge on any atom is -0.481 e. The number of unbranched alkanes of at least 4 members (excludes halogenated alkanes) is 1. The standard InChI is InChI=1S/C28H45N3O11/c1-4-18(22(33)5-2)8-6-7-15-29-28(42)21(11-14-26(39)40)31-27(41)19(9-12-24(35)36)16-23(34)20(30-17(3)32)10-13-25(37)38/h18-21H,4-16H2,1-3H3,(H,29,42)(H,30,32)(H,31,41)(H,35,36)(H,37,38)(H,39,40)/t18-,19+,20-,21-/m0/s1. The predicted molar refractivity (Wildman–Crippen MR) is 149 cm³/mol. The molecule has 0 bridgehead atoms. The Morgan fingerprint density at radius 2 is 1.17 bits per heavy atom. The van der Waals surface area contributed by atoms with Crippen LogP contribution in [-0.4, -0.2) is 81.1 Å². The quantitative estimate of drug-likeness (QED) is 0.0868. The number of Topliss-reactive ketones (excluding diaryl/α,β-unsaturated/α-hetero) is 2. The van der Waals surface area contributed by atoms with Crippen LogP contribution in [0.3, 0.4) is 0 Å². The van der Waals surface area contributed by atoms with Gasteiger partial charge in [0, 0.05) is 57.4 Å². The number of carbonyl (C=O) groups is 8. The van der Waals surface area contributed by atoms with Crippen molar-refractivity contribution >= 4 is 47.2 Å². The second kappa shape index (κ2) is 20.9. The molecule has 0 saturated carbocycles. The van der Waals surface area contributed by atoms with Gasteiger partial charge in [0.05, 0.1) is 6.04 Å². The summed E-state index contributed by atoms with van der Waals surface area (Å²) in [5.41, 5.74) is 0. The fourth-order valence-electron chi connectivity index (χ4n) is 4.39. The number of rotatable bonds is 24. The van der Waals surface area contributed by atoms with E-state index >= 15 is 0 Å². The lowest BCUT2D eigenvalue weighted by Gasteiger charge is -2.23. The van der Waals surface area contributed by atoms with Crippen molar-refractivity contribution in [1.82, 2.24) is 16.0 Å². The van der Waals surface area contributed by atoms with Gasteiger partial charge in [-0.2, -0.15) is 0 Å². The van der Waals surface area contributed by atoms with E-state index in [4.69, 9.17) is 15.3 Å². The van der Waals surface area contributed by atoms with Gasteiger partial charge in [0.25, 0.3) is 0 Å². The molecule has 0 unspecified atom stereocenters. The zero-order valence-corrected chi connectivity index (χ0v) is 24.6. The fraction of sp³-hybridized carbons (Fsp3) is 0.714. The molecule has 0 radical (unpaired) electrons. The SMILES string of the molecule is CCC(=O)[C@@H](CC)CCCCNC(=O)[C@H](CCC(=O)O)NC(=O)[C@H](CCC(=O)O)CC(=O)[C@H](CCC(=O)O)NC(C)=O. The van der Waals surface area contributed by atoms with E-state index in [1.54, 1.807) is 6.92 Å². The van der Waals surface area contributed by atoms with Crippen molar-refractivity contribution in [2.75, 3.05) is 6.54 Å². The van der Waals surface area contributed by atoms with E-state index in [9.17, 15) is 38.4 Å². The van der Waals surface area contributed by atoms with E-state index in [0.29, 0.717) is 25.7 Å². The van der Waals surface area contributed by atoms with Gasteiger partial charge in [-0.25, -0.2) is 0 Å². The first kappa shape index (κ1) is 38.2. The number of carbonyl (C=O) groups excluding carboxylic acids is 5. The summed E-state index contributed by atoms with van der Waals surface area (Å²) in [5, 5.41) is 34.6. The highest BCUT2D eigenvalue weighted by atomic mass is 16.4. The lowest BCUT2D eigenvalue weighted by molar-refractivity contribution is -0.140. The van der Waals surface area contributed by atoms with Gasteiger partial charge < -0.3 is 31.3 Å². The molecule has 0 rings (SSSR count).